The number of rotatable bonds is 3. The van der Waals surface area contributed by atoms with Crippen molar-refractivity contribution in [1.29, 1.82) is 0 Å². The Balaban J connectivity index is 1.81. The third-order valence-electron chi connectivity index (χ3n) is 3.38. The van der Waals surface area contributed by atoms with E-state index in [-0.39, 0.29) is 0 Å². The molecule has 2 heterocycles. The number of ether oxygens (including phenoxy) is 1. The first-order valence-electron chi connectivity index (χ1n) is 6.90. The third-order valence-corrected chi connectivity index (χ3v) is 5.17. The van der Waals surface area contributed by atoms with Crippen LogP contribution in [-0.4, -0.2) is 18.5 Å². The molecule has 0 saturated carbocycles. The lowest BCUT2D eigenvalue weighted by Crippen LogP contribution is -2.22. The Hall–Kier alpha value is -1.65. The Morgan fingerprint density at radius 3 is 2.87 bits per heavy atom. The molecular weight excluding hydrogens is 429 g/mol. The van der Waals surface area contributed by atoms with Gasteiger partial charge in [0.2, 0.25) is 0 Å². The van der Waals surface area contributed by atoms with Crippen LogP contribution in [0, 0.1) is 3.57 Å². The number of benzene rings is 1. The summed E-state index contributed by atoms with van der Waals surface area (Å²) in [6.07, 6.45) is 0.629. The highest BCUT2D eigenvalue weighted by molar-refractivity contribution is 14.1. The lowest BCUT2D eigenvalue weighted by atomic mass is 10.1. The number of anilines is 2. The minimum Gasteiger partial charge on any atom is -0.376 e. The SMILES string of the molecule is NC(=O)c1c(NC(=O)Nc2cccc(I)c2)sc2c1CCOC2. The van der Waals surface area contributed by atoms with Crippen molar-refractivity contribution in [1.82, 2.24) is 0 Å². The molecule has 120 valence electrons. The molecule has 1 aromatic carbocycles. The summed E-state index contributed by atoms with van der Waals surface area (Å²) in [6, 6.07) is 7.02. The molecule has 0 aliphatic carbocycles. The zero-order valence-corrected chi connectivity index (χ0v) is 15.0. The molecule has 8 heteroatoms. The van der Waals surface area contributed by atoms with Crippen molar-refractivity contribution in [2.24, 2.45) is 5.73 Å². The van der Waals surface area contributed by atoms with E-state index < -0.39 is 11.9 Å². The summed E-state index contributed by atoms with van der Waals surface area (Å²) in [7, 11) is 0. The Bertz CT molecular complexity index is 775. The van der Waals surface area contributed by atoms with E-state index in [1.165, 1.54) is 11.3 Å². The van der Waals surface area contributed by atoms with E-state index in [9.17, 15) is 9.59 Å². The number of hydrogen-bond acceptors (Lipinski definition) is 4. The van der Waals surface area contributed by atoms with Gasteiger partial charge in [-0.3, -0.25) is 10.1 Å². The fraction of sp³-hybridized carbons (Fsp3) is 0.200. The highest BCUT2D eigenvalue weighted by Gasteiger charge is 2.25. The van der Waals surface area contributed by atoms with Crippen LogP contribution in [0.4, 0.5) is 15.5 Å². The normalized spacial score (nSPS) is 13.3. The van der Waals surface area contributed by atoms with Crippen LogP contribution in [-0.2, 0) is 17.8 Å². The monoisotopic (exact) mass is 443 g/mol. The molecule has 0 bridgehead atoms. The van der Waals surface area contributed by atoms with E-state index in [0.717, 1.165) is 14.0 Å². The van der Waals surface area contributed by atoms with Gasteiger partial charge in [-0.1, -0.05) is 6.07 Å². The number of nitrogens with one attached hydrogen (secondary N) is 2. The van der Waals surface area contributed by atoms with Crippen LogP contribution in [0.1, 0.15) is 20.8 Å². The highest BCUT2D eigenvalue weighted by Crippen LogP contribution is 2.36. The van der Waals surface area contributed by atoms with Gasteiger partial charge < -0.3 is 15.8 Å². The van der Waals surface area contributed by atoms with Gasteiger partial charge in [-0.2, -0.15) is 0 Å². The van der Waals surface area contributed by atoms with Crippen LogP contribution >= 0.6 is 33.9 Å². The molecule has 23 heavy (non-hydrogen) atoms. The molecule has 1 aliphatic heterocycles. The molecule has 3 amide bonds. The van der Waals surface area contributed by atoms with Gasteiger partial charge in [0.15, 0.2) is 0 Å². The minimum absolute atomic E-state index is 0.395. The predicted octanol–water partition coefficient (Wildman–Crippen LogP) is 3.17. The Morgan fingerprint density at radius 2 is 2.13 bits per heavy atom. The van der Waals surface area contributed by atoms with Crippen LogP contribution in [0.2, 0.25) is 0 Å². The second-order valence-corrected chi connectivity index (χ2v) is 7.32. The lowest BCUT2D eigenvalue weighted by Gasteiger charge is -2.12. The average Bonchev–Trinajstić information content (AvgIpc) is 2.84. The van der Waals surface area contributed by atoms with Crippen LogP contribution in [0.25, 0.3) is 0 Å². The maximum atomic E-state index is 12.2. The van der Waals surface area contributed by atoms with Gasteiger partial charge in [0.25, 0.3) is 5.91 Å². The number of urea groups is 1. The number of thiophene rings is 1. The fourth-order valence-corrected chi connectivity index (χ4v) is 4.14. The molecule has 6 nitrogen and oxygen atoms in total. The summed E-state index contributed by atoms with van der Waals surface area (Å²) in [5.41, 5.74) is 7.45. The van der Waals surface area contributed by atoms with Crippen LogP contribution < -0.4 is 16.4 Å². The van der Waals surface area contributed by atoms with Crippen molar-refractivity contribution < 1.29 is 14.3 Å². The topological polar surface area (TPSA) is 93.5 Å². The zero-order valence-electron chi connectivity index (χ0n) is 12.0. The molecule has 1 aromatic heterocycles. The first-order chi connectivity index (χ1) is 11.0. The quantitative estimate of drug-likeness (QED) is 0.637. The maximum Gasteiger partial charge on any atom is 0.324 e. The molecular formula is C15H14IN3O3S. The summed E-state index contributed by atoms with van der Waals surface area (Å²) in [6.45, 7) is 0.999. The molecule has 1 aliphatic rings. The van der Waals surface area contributed by atoms with Crippen molar-refractivity contribution >= 4 is 56.6 Å². The number of fused-ring (bicyclic) bond motifs is 1. The van der Waals surface area contributed by atoms with Gasteiger partial charge in [-0.15, -0.1) is 11.3 Å². The summed E-state index contributed by atoms with van der Waals surface area (Å²) in [4.78, 5) is 24.9. The Labute approximate surface area is 150 Å². The molecule has 0 fully saturated rings. The average molecular weight is 443 g/mol. The molecule has 2 aromatic rings. The molecule has 0 unspecified atom stereocenters. The number of halogens is 1. The largest absolute Gasteiger partial charge is 0.376 e. The smallest absolute Gasteiger partial charge is 0.324 e. The van der Waals surface area contributed by atoms with Gasteiger partial charge >= 0.3 is 6.03 Å². The van der Waals surface area contributed by atoms with Crippen molar-refractivity contribution in [3.05, 3.63) is 43.8 Å². The molecule has 0 radical (unpaired) electrons. The Kier molecular flexibility index (Phi) is 4.83. The fourth-order valence-electron chi connectivity index (χ4n) is 2.41. The number of hydrogen-bond donors (Lipinski definition) is 3. The number of primary amides is 1. The van der Waals surface area contributed by atoms with E-state index in [1.54, 1.807) is 6.07 Å². The van der Waals surface area contributed by atoms with Crippen LogP contribution in [0.15, 0.2) is 24.3 Å². The van der Waals surface area contributed by atoms with Gasteiger partial charge in [0, 0.05) is 14.1 Å². The predicted molar refractivity (Wildman–Crippen MR) is 98.0 cm³/mol. The molecule has 0 saturated heterocycles. The van der Waals surface area contributed by atoms with E-state index >= 15 is 0 Å². The highest BCUT2D eigenvalue weighted by atomic mass is 127. The van der Waals surface area contributed by atoms with E-state index in [0.29, 0.717) is 35.9 Å². The lowest BCUT2D eigenvalue weighted by molar-refractivity contribution is 0.0991. The Morgan fingerprint density at radius 1 is 1.30 bits per heavy atom. The second kappa shape index (κ2) is 6.85. The van der Waals surface area contributed by atoms with Crippen molar-refractivity contribution in [3.8, 4) is 0 Å². The van der Waals surface area contributed by atoms with Gasteiger partial charge in [-0.25, -0.2) is 4.79 Å². The van der Waals surface area contributed by atoms with Gasteiger partial charge in [-0.05, 0) is 52.8 Å². The molecule has 4 N–H and O–H groups in total. The number of carbonyl (C=O) groups is 2. The molecule has 0 atom stereocenters. The van der Waals surface area contributed by atoms with Crippen molar-refractivity contribution in [2.45, 2.75) is 13.0 Å². The standard InChI is InChI=1S/C15H14IN3O3S/c16-8-2-1-3-9(6-8)18-15(21)19-14-12(13(17)20)10-4-5-22-7-11(10)23-14/h1-3,6H,4-5,7H2,(H2,17,20)(H2,18,19,21). The summed E-state index contributed by atoms with van der Waals surface area (Å²) >= 11 is 3.50. The van der Waals surface area contributed by atoms with E-state index in [2.05, 4.69) is 33.2 Å². The van der Waals surface area contributed by atoms with E-state index in [4.69, 9.17) is 10.5 Å². The van der Waals surface area contributed by atoms with Gasteiger partial charge in [0.1, 0.15) is 5.00 Å². The molecule has 3 rings (SSSR count). The first kappa shape index (κ1) is 16.2. The molecule has 0 spiro atoms. The maximum absolute atomic E-state index is 12.2. The first-order valence-corrected chi connectivity index (χ1v) is 8.80. The second-order valence-electron chi connectivity index (χ2n) is 4.96. The number of amides is 3. The van der Waals surface area contributed by atoms with Crippen LogP contribution in [0.3, 0.4) is 0 Å². The zero-order chi connectivity index (χ0) is 16.4. The van der Waals surface area contributed by atoms with Crippen molar-refractivity contribution in [2.75, 3.05) is 17.2 Å². The van der Waals surface area contributed by atoms with Gasteiger partial charge in [0.05, 0.1) is 18.8 Å². The summed E-state index contributed by atoms with van der Waals surface area (Å²) in [5, 5.41) is 5.94. The number of nitrogens with two attached hydrogens (primary N) is 1. The van der Waals surface area contributed by atoms with Crippen LogP contribution in [0.5, 0.6) is 0 Å². The minimum atomic E-state index is -0.533. The number of carbonyl (C=O) groups excluding carboxylic acids is 2. The third kappa shape index (κ3) is 3.65. The van der Waals surface area contributed by atoms with Crippen molar-refractivity contribution in [3.63, 3.8) is 0 Å². The summed E-state index contributed by atoms with van der Waals surface area (Å²) < 4.78 is 6.40. The van der Waals surface area contributed by atoms with E-state index in [1.807, 2.05) is 18.2 Å². The summed E-state index contributed by atoms with van der Waals surface area (Å²) in [5.74, 6) is -0.533.